The second-order valence-electron chi connectivity index (χ2n) is 25.8. The molecule has 0 spiro atoms. The van der Waals surface area contributed by atoms with E-state index in [-0.39, 0.29) is 49.9 Å². The van der Waals surface area contributed by atoms with Crippen molar-refractivity contribution in [2.24, 2.45) is 35.5 Å². The molecule has 2 rings (SSSR count). The van der Waals surface area contributed by atoms with Gasteiger partial charge in [0.05, 0.1) is 12.6 Å². The number of nitrogens with one attached hydrogen (secondary N) is 3. The maximum absolute atomic E-state index is 15.1. The summed E-state index contributed by atoms with van der Waals surface area (Å²) in [5.74, 6) is -9.19. The lowest BCUT2D eigenvalue weighted by molar-refractivity contribution is -0.157. The van der Waals surface area contributed by atoms with E-state index in [0.717, 1.165) is 9.80 Å². The van der Waals surface area contributed by atoms with E-state index < -0.39 is 162 Å². The lowest BCUT2D eigenvalue weighted by Crippen LogP contribution is -2.63. The van der Waals surface area contributed by atoms with Crippen LogP contribution in [-0.2, 0) is 52.7 Å². The van der Waals surface area contributed by atoms with Gasteiger partial charge in [0.2, 0.25) is 65.0 Å². The van der Waals surface area contributed by atoms with E-state index in [4.69, 9.17) is 0 Å². The number of allylic oxidation sites excluding steroid dienone is 2. The maximum atomic E-state index is 15.1. The fourth-order valence-electron chi connectivity index (χ4n) is 11.4. The number of hydrogen-bond acceptors (Lipinski definition) is 12. The van der Waals surface area contributed by atoms with Gasteiger partial charge in [-0.3, -0.25) is 52.7 Å². The van der Waals surface area contributed by atoms with Gasteiger partial charge in [-0.25, -0.2) is 0 Å². The van der Waals surface area contributed by atoms with Crippen molar-refractivity contribution in [3.8, 4) is 0 Å². The summed E-state index contributed by atoms with van der Waals surface area (Å²) < 4.78 is 0. The van der Waals surface area contributed by atoms with E-state index >= 15 is 9.59 Å². The third kappa shape index (κ3) is 18.4. The normalized spacial score (nSPS) is 28.5. The quantitative estimate of drug-likeness (QED) is 0.194. The lowest BCUT2D eigenvalue weighted by Gasteiger charge is -2.41. The average molecular weight is 1190 g/mol. The van der Waals surface area contributed by atoms with E-state index in [1.807, 2.05) is 47.6 Å². The topological polar surface area (TPSA) is 270 Å². The molecule has 2 saturated heterocycles. The van der Waals surface area contributed by atoms with E-state index in [0.29, 0.717) is 6.42 Å². The number of carbonyl (C=O) groups excluding carboxylic acids is 11. The molecule has 0 radical (unpaired) electrons. The van der Waals surface area contributed by atoms with Gasteiger partial charge in [0.15, 0.2) is 0 Å². The predicted octanol–water partition coefficient (Wildman–Crippen LogP) is 2.73. The van der Waals surface area contributed by atoms with Crippen molar-refractivity contribution in [2.75, 3.05) is 55.9 Å². The van der Waals surface area contributed by atoms with Gasteiger partial charge in [-0.05, 0) is 102 Å². The van der Waals surface area contributed by atoms with Gasteiger partial charge in [0.25, 0.3) is 0 Å². The maximum Gasteiger partial charge on any atom is 0.246 e. The van der Waals surface area contributed by atoms with Crippen LogP contribution in [0.2, 0.25) is 0 Å². The van der Waals surface area contributed by atoms with Crippen LogP contribution in [0.3, 0.4) is 0 Å². The molecule has 0 aliphatic carbocycles. The minimum absolute atomic E-state index is 0.0320. The smallest absolute Gasteiger partial charge is 0.246 e. The molecule has 3 unspecified atom stereocenters. The lowest BCUT2D eigenvalue weighted by atomic mass is 9.91. The van der Waals surface area contributed by atoms with Crippen LogP contribution in [-0.4, -0.2) is 238 Å². The number of nitrogens with zero attached hydrogens (tertiary/aromatic N) is 8. The van der Waals surface area contributed by atoms with Crippen LogP contribution in [0.25, 0.3) is 0 Å². The van der Waals surface area contributed by atoms with E-state index in [2.05, 4.69) is 16.0 Å². The second kappa shape index (κ2) is 32.4. The molecular formula is C61H107N11O12. The number of likely N-dealkylation sites (N-methyl/N-ethyl adjacent to an activating group) is 7. The first-order chi connectivity index (χ1) is 38.8. The number of aliphatic hydroxyl groups is 1. The molecule has 13 atom stereocenters. The predicted molar refractivity (Wildman–Crippen MR) is 322 cm³/mol. The zero-order valence-corrected chi connectivity index (χ0v) is 55.0. The Morgan fingerprint density at radius 2 is 0.940 bits per heavy atom. The fourth-order valence-corrected chi connectivity index (χ4v) is 11.4. The standard InChI is InChI=1S/C61H107N11O12/c1-24-26-27-38(13)51(74)50-54(77)64-42(25-2)56(79)65(17)32-47(73)66(18)46-31-39(14)72(59(46)82)49(37(11)12)61(84)67(19)43(28-33(3)4)53(76)62-40(15)52(75)63-41(16)55(78)68(20)44(29-34(5)6)57(80)69(21)45(30-35(7)8)58(81)70(22)48(36(9)10)60(83)71(50)23/h24,26,33-46,48-51,74H,25,27-32H2,1-23H3,(H,62,76)(H,63,75)(H,64,77)/b26-24+/t38?,39?,40-,41+,42-,43-,44-,45-,46-,48-,49-,50?,51-/m1/s1. The number of aliphatic hydroxyl groups excluding tert-OH is 1. The van der Waals surface area contributed by atoms with Gasteiger partial charge < -0.3 is 60.3 Å². The van der Waals surface area contributed by atoms with Crippen molar-refractivity contribution < 1.29 is 57.8 Å². The number of rotatable bonds is 13. The molecule has 2 fully saturated rings. The first-order valence-electron chi connectivity index (χ1n) is 30.2. The van der Waals surface area contributed by atoms with Gasteiger partial charge >= 0.3 is 0 Å². The summed E-state index contributed by atoms with van der Waals surface area (Å²) in [6.45, 7) is 27.6. The molecule has 2 aliphatic heterocycles. The van der Waals surface area contributed by atoms with E-state index in [1.54, 1.807) is 61.5 Å². The number of amides is 11. The van der Waals surface area contributed by atoms with Crippen LogP contribution in [0, 0.1) is 35.5 Å². The summed E-state index contributed by atoms with van der Waals surface area (Å²) in [4.78, 5) is 170. The number of fused-ring (bicyclic) bond motifs is 2. The Morgan fingerprint density at radius 3 is 1.42 bits per heavy atom. The highest BCUT2D eigenvalue weighted by atomic mass is 16.3. The second-order valence-corrected chi connectivity index (χ2v) is 25.8. The Kier molecular flexibility index (Phi) is 28.5. The summed E-state index contributed by atoms with van der Waals surface area (Å²) in [5.41, 5.74) is 0. The highest BCUT2D eigenvalue weighted by molar-refractivity contribution is 6.00. The molecule has 4 N–H and O–H groups in total. The summed E-state index contributed by atoms with van der Waals surface area (Å²) >= 11 is 0. The van der Waals surface area contributed by atoms with Crippen molar-refractivity contribution >= 4 is 65.0 Å². The SMILES string of the molecule is C/C=C/CC(C)[C@@H](O)C1C(=O)N[C@H](CC)C(=O)N(C)CC(=O)N(C)[C@@H]2CC(C)N(C2=O)[C@H](C(C)C)C(=O)N(C)[C@H](CC(C)C)C(=O)N[C@H](C)C(=O)N[C@@H](C)C(=O)N(C)[C@H](CC(C)C)C(=O)N(C)[C@H](CC(C)C)C(=O)N(C)[C@H](C(C)C)C(=O)N1C. The van der Waals surface area contributed by atoms with E-state index in [1.165, 1.54) is 92.6 Å². The molecule has 2 aliphatic rings. The van der Waals surface area contributed by atoms with Gasteiger partial charge in [-0.15, -0.1) is 0 Å². The molecule has 0 saturated carbocycles. The number of carbonyl (C=O) groups is 11. The molecule has 2 bridgehead atoms. The highest BCUT2D eigenvalue weighted by Crippen LogP contribution is 2.31. The largest absolute Gasteiger partial charge is 0.390 e. The molecular weight excluding hydrogens is 1080 g/mol. The van der Waals surface area contributed by atoms with Gasteiger partial charge in [0.1, 0.15) is 60.4 Å². The van der Waals surface area contributed by atoms with Crippen LogP contribution >= 0.6 is 0 Å². The molecule has 0 aromatic heterocycles. The minimum atomic E-state index is -1.60. The van der Waals surface area contributed by atoms with Gasteiger partial charge in [-0.1, -0.05) is 95.2 Å². The first kappa shape index (κ1) is 74.0. The Labute approximate surface area is 501 Å². The molecule has 0 aromatic carbocycles. The van der Waals surface area contributed by atoms with Crippen molar-refractivity contribution in [1.82, 2.24) is 55.1 Å². The monoisotopic (exact) mass is 1190 g/mol. The summed E-state index contributed by atoms with van der Waals surface area (Å²) in [6, 6.07) is -12.6. The van der Waals surface area contributed by atoms with Crippen molar-refractivity contribution in [2.45, 2.75) is 222 Å². The third-order valence-electron chi connectivity index (χ3n) is 16.6. The third-order valence-corrected chi connectivity index (χ3v) is 16.6. The zero-order valence-electron chi connectivity index (χ0n) is 55.0. The van der Waals surface area contributed by atoms with Gasteiger partial charge in [-0.2, -0.15) is 0 Å². The highest BCUT2D eigenvalue weighted by Gasteiger charge is 2.50. The van der Waals surface area contributed by atoms with Crippen LogP contribution in [0.15, 0.2) is 12.2 Å². The van der Waals surface area contributed by atoms with Crippen LogP contribution in [0.5, 0.6) is 0 Å². The molecule has 23 nitrogen and oxygen atoms in total. The molecule has 2 heterocycles. The van der Waals surface area contributed by atoms with Crippen molar-refractivity contribution in [3.63, 3.8) is 0 Å². The van der Waals surface area contributed by atoms with Crippen molar-refractivity contribution in [3.05, 3.63) is 12.2 Å². The molecule has 0 aromatic rings. The van der Waals surface area contributed by atoms with Crippen LogP contribution in [0.4, 0.5) is 0 Å². The summed E-state index contributed by atoms with van der Waals surface area (Å²) in [6.07, 6.45) is 3.07. The zero-order chi connectivity index (χ0) is 64.8. The Balaban J connectivity index is 2.95. The fraction of sp³-hybridized carbons (Fsp3) is 0.787. The Bertz CT molecular complexity index is 2360. The Hall–Kier alpha value is -6.13. The average Bonchev–Trinajstić information content (AvgIpc) is 3.27. The van der Waals surface area contributed by atoms with Crippen molar-refractivity contribution in [1.29, 1.82) is 0 Å². The summed E-state index contributed by atoms with van der Waals surface area (Å²) in [7, 11) is 9.99. The molecule has 11 amide bonds. The Morgan fingerprint density at radius 1 is 0.500 bits per heavy atom. The first-order valence-corrected chi connectivity index (χ1v) is 30.2. The van der Waals surface area contributed by atoms with E-state index in [9.17, 15) is 48.3 Å². The minimum Gasteiger partial charge on any atom is -0.390 e. The van der Waals surface area contributed by atoms with Crippen LogP contribution < -0.4 is 16.0 Å². The molecule has 84 heavy (non-hydrogen) atoms. The van der Waals surface area contributed by atoms with Crippen LogP contribution in [0.1, 0.15) is 149 Å². The van der Waals surface area contributed by atoms with Gasteiger partial charge in [0, 0.05) is 55.4 Å². The number of hydrogen-bond donors (Lipinski definition) is 4. The molecule has 478 valence electrons. The summed E-state index contributed by atoms with van der Waals surface area (Å²) in [5, 5.41) is 20.2. The molecule has 23 heteroatoms.